The molecule has 0 N–H and O–H groups in total. The van der Waals surface area contributed by atoms with E-state index in [1.807, 2.05) is 0 Å². The Morgan fingerprint density at radius 2 is 1.53 bits per heavy atom. The molecule has 1 aromatic carbocycles. The molecule has 15 heavy (non-hydrogen) atoms. The van der Waals surface area contributed by atoms with Crippen molar-refractivity contribution >= 4 is 5.69 Å². The lowest BCUT2D eigenvalue weighted by Crippen LogP contribution is -2.38. The molecule has 0 aliphatic carbocycles. The van der Waals surface area contributed by atoms with E-state index in [0.717, 1.165) is 11.8 Å². The van der Waals surface area contributed by atoms with Crippen molar-refractivity contribution in [3.8, 4) is 0 Å². The summed E-state index contributed by atoms with van der Waals surface area (Å²) in [5, 5.41) is 0. The molecule has 0 radical (unpaired) electrons. The largest absolute Gasteiger partial charge is 0.371 e. The number of benzene rings is 1. The van der Waals surface area contributed by atoms with Gasteiger partial charge in [-0.3, -0.25) is 0 Å². The van der Waals surface area contributed by atoms with Crippen molar-refractivity contribution in [2.24, 2.45) is 11.8 Å². The van der Waals surface area contributed by atoms with Gasteiger partial charge in [-0.2, -0.15) is 0 Å². The first-order valence-corrected chi connectivity index (χ1v) is 5.97. The maximum absolute atomic E-state index is 2.53. The molecule has 1 aromatic rings. The Morgan fingerprint density at radius 3 is 2.07 bits per heavy atom. The molecule has 1 saturated heterocycles. The van der Waals surface area contributed by atoms with Gasteiger partial charge in [-0.25, -0.2) is 0 Å². The summed E-state index contributed by atoms with van der Waals surface area (Å²) in [5.41, 5.74) is 2.73. The molecule has 82 valence electrons. The zero-order chi connectivity index (χ0) is 10.8. The quantitative estimate of drug-likeness (QED) is 0.675. The van der Waals surface area contributed by atoms with Crippen LogP contribution in [-0.2, 0) is 0 Å². The van der Waals surface area contributed by atoms with Gasteiger partial charge in [0.15, 0.2) is 0 Å². The Balaban J connectivity index is 2.12. The minimum absolute atomic E-state index is 0.829. The molecule has 0 amide bonds. The predicted molar refractivity (Wildman–Crippen MR) is 66.3 cm³/mol. The Morgan fingerprint density at radius 1 is 1.00 bits per heavy atom. The number of piperidine rings is 1. The molecule has 1 fully saturated rings. The summed E-state index contributed by atoms with van der Waals surface area (Å²) in [5.74, 6) is 1.66. The molecule has 2 unspecified atom stereocenters. The van der Waals surface area contributed by atoms with E-state index >= 15 is 0 Å². The van der Waals surface area contributed by atoms with E-state index in [4.69, 9.17) is 0 Å². The third-order valence-electron chi connectivity index (χ3n) is 3.27. The molecular formula is C14H21N. The van der Waals surface area contributed by atoms with Gasteiger partial charge in [0.2, 0.25) is 0 Å². The fraction of sp³-hybridized carbons (Fsp3) is 0.571. The maximum atomic E-state index is 2.53. The Labute approximate surface area is 93.1 Å². The molecule has 0 spiro atoms. The highest BCUT2D eigenvalue weighted by atomic mass is 15.1. The molecule has 2 atom stereocenters. The number of hydrogen-bond acceptors (Lipinski definition) is 1. The summed E-state index contributed by atoms with van der Waals surface area (Å²) < 4.78 is 0. The topological polar surface area (TPSA) is 3.24 Å². The zero-order valence-corrected chi connectivity index (χ0v) is 10.0. The van der Waals surface area contributed by atoms with Crippen molar-refractivity contribution in [2.75, 3.05) is 18.0 Å². The Kier molecular flexibility index (Phi) is 2.99. The third kappa shape index (κ3) is 2.53. The van der Waals surface area contributed by atoms with Crippen LogP contribution in [-0.4, -0.2) is 13.1 Å². The molecule has 0 bridgehead atoms. The van der Waals surface area contributed by atoms with Gasteiger partial charge in [-0.1, -0.05) is 31.5 Å². The van der Waals surface area contributed by atoms with E-state index in [-0.39, 0.29) is 0 Å². The summed E-state index contributed by atoms with van der Waals surface area (Å²) in [6.07, 6.45) is 1.38. The SMILES string of the molecule is Cc1ccc(N2CC(C)CC(C)C2)cc1. The molecule has 0 aromatic heterocycles. The smallest absolute Gasteiger partial charge is 0.0366 e. The van der Waals surface area contributed by atoms with Crippen molar-refractivity contribution in [1.82, 2.24) is 0 Å². The molecule has 1 nitrogen and oxygen atoms in total. The lowest BCUT2D eigenvalue weighted by atomic mass is 9.91. The normalized spacial score (nSPS) is 26.7. The van der Waals surface area contributed by atoms with Crippen LogP contribution >= 0.6 is 0 Å². The van der Waals surface area contributed by atoms with Gasteiger partial charge in [0.1, 0.15) is 0 Å². The minimum atomic E-state index is 0.829. The van der Waals surface area contributed by atoms with Gasteiger partial charge >= 0.3 is 0 Å². The number of nitrogens with zero attached hydrogens (tertiary/aromatic N) is 1. The molecule has 1 heteroatoms. The summed E-state index contributed by atoms with van der Waals surface area (Å²) in [6.45, 7) is 9.29. The van der Waals surface area contributed by atoms with E-state index in [1.54, 1.807) is 0 Å². The Hall–Kier alpha value is -0.980. The first-order chi connectivity index (χ1) is 7.15. The molecule has 1 aliphatic rings. The van der Waals surface area contributed by atoms with Crippen LogP contribution < -0.4 is 4.90 Å². The number of anilines is 1. The van der Waals surface area contributed by atoms with Crippen LogP contribution in [0.25, 0.3) is 0 Å². The fourth-order valence-electron chi connectivity index (χ4n) is 2.63. The van der Waals surface area contributed by atoms with Crippen LogP contribution in [0.3, 0.4) is 0 Å². The van der Waals surface area contributed by atoms with Crippen LogP contribution in [0.2, 0.25) is 0 Å². The second-order valence-corrected chi connectivity index (χ2v) is 5.19. The van der Waals surface area contributed by atoms with Crippen LogP contribution in [0.15, 0.2) is 24.3 Å². The van der Waals surface area contributed by atoms with Gasteiger partial charge in [-0.05, 0) is 37.3 Å². The van der Waals surface area contributed by atoms with Crippen molar-refractivity contribution in [2.45, 2.75) is 27.2 Å². The molecule has 0 saturated carbocycles. The van der Waals surface area contributed by atoms with Gasteiger partial charge in [-0.15, -0.1) is 0 Å². The van der Waals surface area contributed by atoms with Crippen LogP contribution in [0, 0.1) is 18.8 Å². The van der Waals surface area contributed by atoms with E-state index in [9.17, 15) is 0 Å². The number of hydrogen-bond donors (Lipinski definition) is 0. The van der Waals surface area contributed by atoms with Gasteiger partial charge in [0.25, 0.3) is 0 Å². The molecule has 2 rings (SSSR count). The second-order valence-electron chi connectivity index (χ2n) is 5.19. The second kappa shape index (κ2) is 4.26. The van der Waals surface area contributed by atoms with E-state index in [1.165, 1.54) is 30.8 Å². The average molecular weight is 203 g/mol. The van der Waals surface area contributed by atoms with Gasteiger partial charge < -0.3 is 4.90 Å². The third-order valence-corrected chi connectivity index (χ3v) is 3.27. The highest BCUT2D eigenvalue weighted by molar-refractivity contribution is 5.47. The highest BCUT2D eigenvalue weighted by Gasteiger charge is 2.21. The molecule has 1 aliphatic heterocycles. The highest BCUT2D eigenvalue weighted by Crippen LogP contribution is 2.26. The summed E-state index contributed by atoms with van der Waals surface area (Å²) in [4.78, 5) is 2.53. The van der Waals surface area contributed by atoms with Crippen molar-refractivity contribution in [1.29, 1.82) is 0 Å². The van der Waals surface area contributed by atoms with Crippen molar-refractivity contribution < 1.29 is 0 Å². The summed E-state index contributed by atoms with van der Waals surface area (Å²) in [7, 11) is 0. The monoisotopic (exact) mass is 203 g/mol. The van der Waals surface area contributed by atoms with E-state index in [0.29, 0.717) is 0 Å². The minimum Gasteiger partial charge on any atom is -0.371 e. The number of aryl methyl sites for hydroxylation is 1. The predicted octanol–water partition coefficient (Wildman–Crippen LogP) is 3.48. The average Bonchev–Trinajstić information content (AvgIpc) is 2.17. The lowest BCUT2D eigenvalue weighted by Gasteiger charge is -2.36. The standard InChI is InChI=1S/C14H21N/c1-11-4-6-14(7-5-11)15-9-12(2)8-13(3)10-15/h4-7,12-13H,8-10H2,1-3H3. The van der Waals surface area contributed by atoms with Crippen molar-refractivity contribution in [3.05, 3.63) is 29.8 Å². The number of rotatable bonds is 1. The van der Waals surface area contributed by atoms with Gasteiger partial charge in [0.05, 0.1) is 0 Å². The summed E-state index contributed by atoms with van der Waals surface area (Å²) >= 11 is 0. The van der Waals surface area contributed by atoms with Gasteiger partial charge in [0, 0.05) is 18.8 Å². The fourth-order valence-corrected chi connectivity index (χ4v) is 2.63. The first kappa shape index (κ1) is 10.5. The van der Waals surface area contributed by atoms with E-state index < -0.39 is 0 Å². The zero-order valence-electron chi connectivity index (χ0n) is 10.0. The van der Waals surface area contributed by atoms with Crippen molar-refractivity contribution in [3.63, 3.8) is 0 Å². The maximum Gasteiger partial charge on any atom is 0.0366 e. The van der Waals surface area contributed by atoms with Crippen LogP contribution in [0.5, 0.6) is 0 Å². The van der Waals surface area contributed by atoms with E-state index in [2.05, 4.69) is 49.9 Å². The summed E-state index contributed by atoms with van der Waals surface area (Å²) in [6, 6.07) is 8.92. The lowest BCUT2D eigenvalue weighted by molar-refractivity contribution is 0.357. The molecule has 1 heterocycles. The first-order valence-electron chi connectivity index (χ1n) is 5.97. The molecular weight excluding hydrogens is 182 g/mol. The van der Waals surface area contributed by atoms with Crippen LogP contribution in [0.1, 0.15) is 25.8 Å². The van der Waals surface area contributed by atoms with Crippen LogP contribution in [0.4, 0.5) is 5.69 Å². The Bertz CT molecular complexity index is 305.